The van der Waals surface area contributed by atoms with Gasteiger partial charge in [-0.2, -0.15) is 0 Å². The molecule has 1 heterocycles. The first-order valence-electron chi connectivity index (χ1n) is 3.79. The van der Waals surface area contributed by atoms with Gasteiger partial charge in [-0.3, -0.25) is 10.1 Å². The molecule has 0 aliphatic carbocycles. The van der Waals surface area contributed by atoms with Gasteiger partial charge >= 0.3 is 5.97 Å². The van der Waals surface area contributed by atoms with E-state index in [-0.39, 0.29) is 0 Å². The number of rotatable bonds is 4. The Morgan fingerprint density at radius 1 is 1.85 bits per heavy atom. The number of carboxylic acid groups (broad SMARTS) is 1. The summed E-state index contributed by atoms with van der Waals surface area (Å²) < 4.78 is 1.03. The normalized spacial score (nSPS) is 12.8. The maximum absolute atomic E-state index is 10.5. The summed E-state index contributed by atoms with van der Waals surface area (Å²) in [4.78, 5) is 11.6. The number of carbonyl (C=O) groups is 1. The summed E-state index contributed by atoms with van der Waals surface area (Å²) in [5, 5.41) is 13.5. The van der Waals surface area contributed by atoms with Crippen molar-refractivity contribution >= 4 is 33.2 Å². The van der Waals surface area contributed by atoms with Gasteiger partial charge in [0.2, 0.25) is 0 Å². The number of carboxylic acids is 1. The summed E-state index contributed by atoms with van der Waals surface area (Å²) >= 11 is 4.98. The zero-order valence-corrected chi connectivity index (χ0v) is 9.48. The fourth-order valence-electron chi connectivity index (χ4n) is 0.784. The number of thiophene rings is 1. The van der Waals surface area contributed by atoms with Crippen LogP contribution in [0.15, 0.2) is 15.9 Å². The minimum Gasteiger partial charge on any atom is -0.480 e. The van der Waals surface area contributed by atoms with Gasteiger partial charge in [-0.05, 0) is 34.3 Å². The molecule has 0 unspecified atom stereocenters. The predicted molar refractivity (Wildman–Crippen MR) is 56.0 cm³/mol. The van der Waals surface area contributed by atoms with Gasteiger partial charge in [0.15, 0.2) is 0 Å². The number of hydrogen-bond acceptors (Lipinski definition) is 3. The smallest absolute Gasteiger partial charge is 0.320 e. The van der Waals surface area contributed by atoms with Gasteiger partial charge in [0.1, 0.15) is 6.04 Å². The molecular weight excluding hydrogens is 254 g/mol. The molecular formula is C8H10BrNO2S. The first-order valence-corrected chi connectivity index (χ1v) is 5.46. The van der Waals surface area contributed by atoms with Crippen molar-refractivity contribution in [2.24, 2.45) is 0 Å². The van der Waals surface area contributed by atoms with Crippen molar-refractivity contribution in [1.29, 1.82) is 0 Å². The molecule has 0 radical (unpaired) electrons. The second kappa shape index (κ2) is 4.74. The molecule has 1 aromatic heterocycles. The lowest BCUT2D eigenvalue weighted by Gasteiger charge is -2.07. The lowest BCUT2D eigenvalue weighted by atomic mass is 10.3. The lowest BCUT2D eigenvalue weighted by molar-refractivity contribution is -0.139. The zero-order valence-electron chi connectivity index (χ0n) is 7.08. The monoisotopic (exact) mass is 263 g/mol. The highest BCUT2D eigenvalue weighted by atomic mass is 79.9. The van der Waals surface area contributed by atoms with Crippen molar-refractivity contribution < 1.29 is 9.90 Å². The van der Waals surface area contributed by atoms with E-state index in [0.29, 0.717) is 6.54 Å². The average molecular weight is 264 g/mol. The standard InChI is InChI=1S/C8H10BrNO2S/c1-5(8(11)12)10-4-7-6(9)2-3-13-7/h2-3,5,10H,4H2,1H3,(H,11,12)/t5-/m1/s1. The van der Waals surface area contributed by atoms with Crippen LogP contribution in [0.4, 0.5) is 0 Å². The molecule has 0 amide bonds. The highest BCUT2D eigenvalue weighted by molar-refractivity contribution is 9.10. The molecule has 1 rings (SSSR count). The maximum Gasteiger partial charge on any atom is 0.320 e. The van der Waals surface area contributed by atoms with Gasteiger partial charge in [0, 0.05) is 15.9 Å². The van der Waals surface area contributed by atoms with Crippen molar-refractivity contribution in [1.82, 2.24) is 5.32 Å². The van der Waals surface area contributed by atoms with Gasteiger partial charge in [-0.25, -0.2) is 0 Å². The van der Waals surface area contributed by atoms with Gasteiger partial charge in [-0.1, -0.05) is 0 Å². The van der Waals surface area contributed by atoms with Crippen LogP contribution >= 0.6 is 27.3 Å². The molecule has 13 heavy (non-hydrogen) atoms. The van der Waals surface area contributed by atoms with Crippen LogP contribution in [0.1, 0.15) is 11.8 Å². The summed E-state index contributed by atoms with van der Waals surface area (Å²) in [5.41, 5.74) is 0. The Labute approximate surface area is 88.9 Å². The third-order valence-electron chi connectivity index (χ3n) is 1.63. The van der Waals surface area contributed by atoms with Gasteiger partial charge < -0.3 is 5.11 Å². The molecule has 3 nitrogen and oxygen atoms in total. The third-order valence-corrected chi connectivity index (χ3v) is 3.56. The number of halogens is 1. The van der Waals surface area contributed by atoms with Crippen LogP contribution in [-0.4, -0.2) is 17.1 Å². The van der Waals surface area contributed by atoms with Gasteiger partial charge in [0.25, 0.3) is 0 Å². The molecule has 0 aromatic carbocycles. The zero-order chi connectivity index (χ0) is 9.84. The van der Waals surface area contributed by atoms with Crippen molar-refractivity contribution in [2.75, 3.05) is 0 Å². The fourth-order valence-corrected chi connectivity index (χ4v) is 2.23. The molecule has 72 valence electrons. The SMILES string of the molecule is C[C@@H](NCc1sccc1Br)C(=O)O. The molecule has 2 N–H and O–H groups in total. The second-order valence-corrected chi connectivity index (χ2v) is 4.49. The minimum atomic E-state index is -0.826. The van der Waals surface area contributed by atoms with E-state index in [4.69, 9.17) is 5.11 Å². The quantitative estimate of drug-likeness (QED) is 0.875. The molecule has 0 saturated carbocycles. The van der Waals surface area contributed by atoms with Crippen molar-refractivity contribution in [2.45, 2.75) is 19.5 Å². The van der Waals surface area contributed by atoms with E-state index in [0.717, 1.165) is 9.35 Å². The Kier molecular flexibility index (Phi) is 3.90. The Morgan fingerprint density at radius 3 is 3.00 bits per heavy atom. The lowest BCUT2D eigenvalue weighted by Crippen LogP contribution is -2.32. The maximum atomic E-state index is 10.5. The molecule has 0 fully saturated rings. The molecule has 5 heteroatoms. The Hall–Kier alpha value is -0.390. The Balaban J connectivity index is 2.44. The topological polar surface area (TPSA) is 49.3 Å². The molecule has 0 spiro atoms. The average Bonchev–Trinajstić information content (AvgIpc) is 2.47. The second-order valence-electron chi connectivity index (χ2n) is 2.63. The van der Waals surface area contributed by atoms with E-state index in [1.165, 1.54) is 0 Å². The van der Waals surface area contributed by atoms with E-state index in [9.17, 15) is 4.79 Å². The summed E-state index contributed by atoms with van der Waals surface area (Å²) in [6, 6.07) is 1.45. The third kappa shape index (κ3) is 3.10. The molecule has 0 aliphatic rings. The Morgan fingerprint density at radius 2 is 2.54 bits per heavy atom. The highest BCUT2D eigenvalue weighted by Gasteiger charge is 2.10. The van der Waals surface area contributed by atoms with Crippen molar-refractivity contribution in [3.63, 3.8) is 0 Å². The van der Waals surface area contributed by atoms with Gasteiger partial charge in [-0.15, -0.1) is 11.3 Å². The summed E-state index contributed by atoms with van der Waals surface area (Å²) in [5.74, 6) is -0.826. The predicted octanol–water partition coefficient (Wildman–Crippen LogP) is 2.07. The van der Waals surface area contributed by atoms with E-state index in [1.807, 2.05) is 11.4 Å². The number of aliphatic carboxylic acids is 1. The summed E-state index contributed by atoms with van der Waals surface area (Å²) in [7, 11) is 0. The van der Waals surface area contributed by atoms with Crippen LogP contribution in [0.3, 0.4) is 0 Å². The van der Waals surface area contributed by atoms with Crippen molar-refractivity contribution in [3.8, 4) is 0 Å². The number of hydrogen-bond donors (Lipinski definition) is 2. The van der Waals surface area contributed by atoms with E-state index in [1.54, 1.807) is 18.3 Å². The Bertz CT molecular complexity index is 300. The van der Waals surface area contributed by atoms with Crippen LogP contribution in [0.25, 0.3) is 0 Å². The van der Waals surface area contributed by atoms with Crippen LogP contribution in [0, 0.1) is 0 Å². The molecule has 1 aromatic rings. The van der Waals surface area contributed by atoms with Crippen molar-refractivity contribution in [3.05, 3.63) is 20.8 Å². The minimum absolute atomic E-state index is 0.506. The number of nitrogens with one attached hydrogen (secondary N) is 1. The van der Waals surface area contributed by atoms with Crippen LogP contribution in [-0.2, 0) is 11.3 Å². The molecule has 0 saturated heterocycles. The van der Waals surface area contributed by atoms with Crippen LogP contribution in [0.2, 0.25) is 0 Å². The highest BCUT2D eigenvalue weighted by Crippen LogP contribution is 2.22. The van der Waals surface area contributed by atoms with E-state index in [2.05, 4.69) is 21.2 Å². The van der Waals surface area contributed by atoms with Gasteiger partial charge in [0.05, 0.1) is 0 Å². The summed E-state index contributed by atoms with van der Waals surface area (Å²) in [6.45, 7) is 2.22. The molecule has 0 bridgehead atoms. The van der Waals surface area contributed by atoms with E-state index >= 15 is 0 Å². The fraction of sp³-hybridized carbons (Fsp3) is 0.375. The largest absolute Gasteiger partial charge is 0.480 e. The van der Waals surface area contributed by atoms with Crippen LogP contribution in [0.5, 0.6) is 0 Å². The first-order chi connectivity index (χ1) is 6.11. The molecule has 0 aliphatic heterocycles. The molecule has 1 atom stereocenters. The van der Waals surface area contributed by atoms with Crippen LogP contribution < -0.4 is 5.32 Å². The first kappa shape index (κ1) is 10.7. The summed E-state index contributed by atoms with van der Waals surface area (Å²) in [6.07, 6.45) is 0. The van der Waals surface area contributed by atoms with E-state index < -0.39 is 12.0 Å².